The molecule has 8 heteroatoms. The number of carbonyl (C=O) groups excluding carboxylic acids is 1. The van der Waals surface area contributed by atoms with Crippen molar-refractivity contribution >= 4 is 17.7 Å². The zero-order valence-electron chi connectivity index (χ0n) is 12.4. The highest BCUT2D eigenvalue weighted by molar-refractivity contribution is 5.73. The molecule has 0 bridgehead atoms. The van der Waals surface area contributed by atoms with Crippen LogP contribution in [-0.2, 0) is 11.3 Å². The molecule has 0 spiro atoms. The van der Waals surface area contributed by atoms with Gasteiger partial charge >= 0.3 is 0 Å². The third-order valence-corrected chi connectivity index (χ3v) is 3.58. The SMILES string of the molecule is CC(=O)N1CCN(c2nncc(NCc3ccco3)n2)CC1. The topological polar surface area (TPSA) is 87.4 Å². The van der Waals surface area contributed by atoms with Crippen LogP contribution >= 0.6 is 0 Å². The predicted octanol–water partition coefficient (Wildman–Crippen LogP) is 0.745. The maximum absolute atomic E-state index is 11.3. The molecule has 3 rings (SSSR count). The number of carbonyl (C=O) groups is 1. The van der Waals surface area contributed by atoms with E-state index in [0.29, 0.717) is 44.5 Å². The van der Waals surface area contributed by atoms with Gasteiger partial charge in [-0.05, 0) is 12.1 Å². The molecule has 0 aliphatic carbocycles. The van der Waals surface area contributed by atoms with Crippen LogP contribution in [0.2, 0.25) is 0 Å². The van der Waals surface area contributed by atoms with Gasteiger partial charge in [0.25, 0.3) is 0 Å². The monoisotopic (exact) mass is 302 g/mol. The average Bonchev–Trinajstić information content (AvgIpc) is 3.07. The number of furan rings is 1. The second-order valence-electron chi connectivity index (χ2n) is 5.07. The number of piperazine rings is 1. The smallest absolute Gasteiger partial charge is 0.247 e. The Bertz CT molecular complexity index is 622. The van der Waals surface area contributed by atoms with Gasteiger partial charge in [0.2, 0.25) is 11.9 Å². The summed E-state index contributed by atoms with van der Waals surface area (Å²) in [5.74, 6) is 2.16. The van der Waals surface area contributed by atoms with E-state index < -0.39 is 0 Å². The summed E-state index contributed by atoms with van der Waals surface area (Å²) in [4.78, 5) is 19.7. The lowest BCUT2D eigenvalue weighted by atomic mass is 10.3. The Morgan fingerprint density at radius 3 is 2.86 bits per heavy atom. The molecule has 8 nitrogen and oxygen atoms in total. The van der Waals surface area contributed by atoms with Crippen molar-refractivity contribution in [2.45, 2.75) is 13.5 Å². The van der Waals surface area contributed by atoms with Crippen LogP contribution in [0.3, 0.4) is 0 Å². The molecule has 0 radical (unpaired) electrons. The minimum atomic E-state index is 0.104. The Labute approximate surface area is 128 Å². The van der Waals surface area contributed by atoms with Gasteiger partial charge in [-0.1, -0.05) is 0 Å². The molecule has 2 aromatic rings. The molecule has 22 heavy (non-hydrogen) atoms. The lowest BCUT2D eigenvalue weighted by Gasteiger charge is -2.33. The molecule has 1 amide bonds. The van der Waals surface area contributed by atoms with E-state index in [-0.39, 0.29) is 5.91 Å². The number of aromatic nitrogens is 3. The second kappa shape index (κ2) is 6.42. The van der Waals surface area contributed by atoms with E-state index in [1.54, 1.807) is 19.4 Å². The van der Waals surface area contributed by atoms with E-state index in [2.05, 4.69) is 20.5 Å². The van der Waals surface area contributed by atoms with Crippen molar-refractivity contribution in [3.8, 4) is 0 Å². The van der Waals surface area contributed by atoms with Crippen LogP contribution in [-0.4, -0.2) is 52.2 Å². The zero-order valence-corrected chi connectivity index (χ0v) is 12.4. The number of rotatable bonds is 4. The predicted molar refractivity (Wildman–Crippen MR) is 80.3 cm³/mol. The van der Waals surface area contributed by atoms with Crippen LogP contribution in [0.15, 0.2) is 29.0 Å². The fourth-order valence-corrected chi connectivity index (χ4v) is 2.33. The van der Waals surface area contributed by atoms with Crippen molar-refractivity contribution in [1.82, 2.24) is 20.1 Å². The number of nitrogens with one attached hydrogen (secondary N) is 1. The third-order valence-electron chi connectivity index (χ3n) is 3.58. The lowest BCUT2D eigenvalue weighted by molar-refractivity contribution is -0.129. The summed E-state index contributed by atoms with van der Waals surface area (Å²) in [6.07, 6.45) is 3.22. The molecule has 0 aromatic carbocycles. The maximum Gasteiger partial charge on any atom is 0.247 e. The maximum atomic E-state index is 11.3. The first kappa shape index (κ1) is 14.3. The standard InChI is InChI=1S/C14H18N6O2/c1-11(21)19-4-6-20(7-5-19)14-17-13(10-16-18-14)15-9-12-3-2-8-22-12/h2-3,8,10H,4-7,9H2,1H3,(H,15,17,18). The number of anilines is 2. The summed E-state index contributed by atoms with van der Waals surface area (Å²) in [5, 5.41) is 11.2. The number of hydrogen-bond donors (Lipinski definition) is 1. The van der Waals surface area contributed by atoms with Gasteiger partial charge < -0.3 is 19.5 Å². The average molecular weight is 302 g/mol. The van der Waals surface area contributed by atoms with Gasteiger partial charge in [0.1, 0.15) is 5.76 Å². The number of nitrogens with zero attached hydrogens (tertiary/aromatic N) is 5. The highest BCUT2D eigenvalue weighted by Gasteiger charge is 2.20. The molecule has 0 unspecified atom stereocenters. The van der Waals surface area contributed by atoms with Crippen molar-refractivity contribution in [2.24, 2.45) is 0 Å². The molecule has 1 aliphatic heterocycles. The first-order valence-electron chi connectivity index (χ1n) is 7.19. The molecule has 3 heterocycles. The fraction of sp³-hybridized carbons (Fsp3) is 0.429. The van der Waals surface area contributed by atoms with Gasteiger partial charge in [0.05, 0.1) is 19.0 Å². The first-order valence-corrected chi connectivity index (χ1v) is 7.19. The Balaban J connectivity index is 1.60. The fourth-order valence-electron chi connectivity index (χ4n) is 2.33. The Morgan fingerprint density at radius 2 is 2.18 bits per heavy atom. The van der Waals surface area contributed by atoms with E-state index in [4.69, 9.17) is 4.42 Å². The van der Waals surface area contributed by atoms with Gasteiger partial charge in [0, 0.05) is 33.1 Å². The lowest BCUT2D eigenvalue weighted by Crippen LogP contribution is -2.48. The van der Waals surface area contributed by atoms with Gasteiger partial charge in [-0.3, -0.25) is 4.79 Å². The van der Waals surface area contributed by atoms with Crippen molar-refractivity contribution < 1.29 is 9.21 Å². The number of hydrogen-bond acceptors (Lipinski definition) is 7. The van der Waals surface area contributed by atoms with Crippen LogP contribution in [0.1, 0.15) is 12.7 Å². The molecular weight excluding hydrogens is 284 g/mol. The first-order chi connectivity index (χ1) is 10.7. The minimum absolute atomic E-state index is 0.104. The van der Waals surface area contributed by atoms with Crippen LogP contribution in [0.25, 0.3) is 0 Å². The number of amides is 1. The molecule has 0 atom stereocenters. The van der Waals surface area contributed by atoms with Gasteiger partial charge in [-0.15, -0.1) is 5.10 Å². The highest BCUT2D eigenvalue weighted by Crippen LogP contribution is 2.13. The van der Waals surface area contributed by atoms with E-state index in [1.165, 1.54) is 0 Å². The van der Waals surface area contributed by atoms with Crippen LogP contribution in [0.4, 0.5) is 11.8 Å². The van der Waals surface area contributed by atoms with Crippen LogP contribution in [0.5, 0.6) is 0 Å². The largest absolute Gasteiger partial charge is 0.467 e. The van der Waals surface area contributed by atoms with Gasteiger partial charge in [-0.25, -0.2) is 0 Å². The Kier molecular flexibility index (Phi) is 4.17. The zero-order chi connectivity index (χ0) is 15.4. The minimum Gasteiger partial charge on any atom is -0.467 e. The van der Waals surface area contributed by atoms with Crippen molar-refractivity contribution in [3.63, 3.8) is 0 Å². The summed E-state index contributed by atoms with van der Waals surface area (Å²) in [6, 6.07) is 3.73. The molecule has 2 aromatic heterocycles. The molecule has 1 fully saturated rings. The summed E-state index contributed by atoms with van der Waals surface area (Å²) < 4.78 is 5.26. The van der Waals surface area contributed by atoms with Crippen LogP contribution in [0, 0.1) is 0 Å². The van der Waals surface area contributed by atoms with E-state index in [9.17, 15) is 4.79 Å². The second-order valence-corrected chi connectivity index (χ2v) is 5.07. The summed E-state index contributed by atoms with van der Waals surface area (Å²) in [6.45, 7) is 4.92. The van der Waals surface area contributed by atoms with Crippen molar-refractivity contribution in [2.75, 3.05) is 36.4 Å². The molecule has 1 N–H and O–H groups in total. The van der Waals surface area contributed by atoms with E-state index in [0.717, 1.165) is 5.76 Å². The summed E-state index contributed by atoms with van der Waals surface area (Å²) >= 11 is 0. The molecular formula is C14H18N6O2. The summed E-state index contributed by atoms with van der Waals surface area (Å²) in [7, 11) is 0. The van der Waals surface area contributed by atoms with E-state index in [1.807, 2.05) is 21.9 Å². The third kappa shape index (κ3) is 3.33. The molecule has 0 saturated carbocycles. The van der Waals surface area contributed by atoms with Crippen molar-refractivity contribution in [3.05, 3.63) is 30.4 Å². The highest BCUT2D eigenvalue weighted by atomic mass is 16.3. The molecule has 1 saturated heterocycles. The molecule has 1 aliphatic rings. The van der Waals surface area contributed by atoms with E-state index >= 15 is 0 Å². The Hall–Kier alpha value is -2.64. The normalized spacial score (nSPS) is 15.0. The summed E-state index contributed by atoms with van der Waals surface area (Å²) in [5.41, 5.74) is 0. The molecule has 116 valence electrons. The van der Waals surface area contributed by atoms with Gasteiger partial charge in [0.15, 0.2) is 5.82 Å². The van der Waals surface area contributed by atoms with Crippen molar-refractivity contribution in [1.29, 1.82) is 0 Å². The quantitative estimate of drug-likeness (QED) is 0.891. The van der Waals surface area contributed by atoms with Gasteiger partial charge in [-0.2, -0.15) is 10.1 Å². The Morgan fingerprint density at radius 1 is 1.36 bits per heavy atom. The van der Waals surface area contributed by atoms with Crippen LogP contribution < -0.4 is 10.2 Å².